The van der Waals surface area contributed by atoms with Crippen LogP contribution in [0.1, 0.15) is 0 Å². The van der Waals surface area contributed by atoms with Crippen molar-refractivity contribution in [3.63, 3.8) is 0 Å². The van der Waals surface area contributed by atoms with Crippen molar-refractivity contribution in [1.29, 1.82) is 0 Å². The fourth-order valence-electron chi connectivity index (χ4n) is 1.69. The van der Waals surface area contributed by atoms with Gasteiger partial charge in [0.2, 0.25) is 0 Å². The highest BCUT2D eigenvalue weighted by molar-refractivity contribution is 6.01. The first-order chi connectivity index (χ1) is 10.2. The second-order valence-corrected chi connectivity index (χ2v) is 3.96. The van der Waals surface area contributed by atoms with E-state index in [1.807, 2.05) is 6.07 Å². The third-order valence-corrected chi connectivity index (χ3v) is 2.69. The van der Waals surface area contributed by atoms with Gasteiger partial charge in [0, 0.05) is 17.3 Å². The van der Waals surface area contributed by atoms with Gasteiger partial charge in [0.1, 0.15) is 12.0 Å². The van der Waals surface area contributed by atoms with Gasteiger partial charge in [-0.1, -0.05) is 6.07 Å². The van der Waals surface area contributed by atoms with Gasteiger partial charge in [-0.2, -0.15) is 0 Å². The number of carbonyl (C=O) groups excluding carboxylic acids is 2. The van der Waals surface area contributed by atoms with Crippen LogP contribution in [0.25, 0.3) is 10.9 Å². The zero-order valence-corrected chi connectivity index (χ0v) is 11.5. The minimum atomic E-state index is -0.686. The van der Waals surface area contributed by atoms with Crippen molar-refractivity contribution in [3.8, 4) is 0 Å². The fourth-order valence-corrected chi connectivity index (χ4v) is 1.69. The van der Waals surface area contributed by atoms with Crippen LogP contribution >= 0.6 is 0 Å². The molecule has 7 heteroatoms. The van der Waals surface area contributed by atoms with E-state index in [4.69, 9.17) is 0 Å². The Morgan fingerprint density at radius 1 is 1.24 bits per heavy atom. The van der Waals surface area contributed by atoms with E-state index in [1.165, 1.54) is 20.5 Å². The van der Waals surface area contributed by atoms with E-state index in [9.17, 15) is 9.59 Å². The first-order valence-corrected chi connectivity index (χ1v) is 5.99. The summed E-state index contributed by atoms with van der Waals surface area (Å²) in [6, 6.07) is 5.31. The quantitative estimate of drug-likeness (QED) is 0.669. The third-order valence-electron chi connectivity index (χ3n) is 2.69. The standard InChI is InChI=1S/C14H13N3O4/c1-20-13(18)6-12(14(19)21-2)17-11-5-3-4-10-9(11)7-15-8-16-10/h3-8,17H,1-2H3/b12-6+. The summed E-state index contributed by atoms with van der Waals surface area (Å²) in [5.41, 5.74) is 1.24. The summed E-state index contributed by atoms with van der Waals surface area (Å²) in [5, 5.41) is 3.55. The van der Waals surface area contributed by atoms with Crippen LogP contribution < -0.4 is 5.32 Å². The lowest BCUT2D eigenvalue weighted by Gasteiger charge is -2.10. The molecule has 2 aromatic rings. The minimum Gasteiger partial charge on any atom is -0.466 e. The van der Waals surface area contributed by atoms with Crippen molar-refractivity contribution in [3.05, 3.63) is 42.5 Å². The minimum absolute atomic E-state index is 0.0410. The molecule has 0 aliphatic carbocycles. The average Bonchev–Trinajstić information content (AvgIpc) is 2.53. The van der Waals surface area contributed by atoms with Gasteiger partial charge in [0.05, 0.1) is 25.8 Å². The van der Waals surface area contributed by atoms with Crippen molar-refractivity contribution in [2.75, 3.05) is 19.5 Å². The van der Waals surface area contributed by atoms with E-state index < -0.39 is 11.9 Å². The van der Waals surface area contributed by atoms with E-state index in [1.54, 1.807) is 18.3 Å². The zero-order valence-electron chi connectivity index (χ0n) is 11.5. The molecule has 0 amide bonds. The molecule has 7 nitrogen and oxygen atoms in total. The summed E-state index contributed by atoms with van der Waals surface area (Å²) in [6.45, 7) is 0. The smallest absolute Gasteiger partial charge is 0.354 e. The van der Waals surface area contributed by atoms with E-state index in [0.717, 1.165) is 6.08 Å². The molecule has 0 saturated heterocycles. The van der Waals surface area contributed by atoms with Gasteiger partial charge in [0.15, 0.2) is 0 Å². The molecular weight excluding hydrogens is 274 g/mol. The number of rotatable bonds is 4. The lowest BCUT2D eigenvalue weighted by molar-refractivity contribution is -0.138. The molecule has 2 rings (SSSR count). The predicted molar refractivity (Wildman–Crippen MR) is 75.3 cm³/mol. The molecule has 1 aromatic heterocycles. The summed E-state index contributed by atoms with van der Waals surface area (Å²) in [7, 11) is 2.45. The molecule has 1 N–H and O–H groups in total. The number of hydrogen-bond acceptors (Lipinski definition) is 7. The van der Waals surface area contributed by atoms with E-state index in [2.05, 4.69) is 24.8 Å². The highest BCUT2D eigenvalue weighted by Gasteiger charge is 2.14. The van der Waals surface area contributed by atoms with Crippen LogP contribution in [-0.2, 0) is 19.1 Å². The number of hydrogen-bond donors (Lipinski definition) is 1. The largest absolute Gasteiger partial charge is 0.466 e. The lowest BCUT2D eigenvalue weighted by Crippen LogP contribution is -2.15. The number of fused-ring (bicyclic) bond motifs is 1. The highest BCUT2D eigenvalue weighted by Crippen LogP contribution is 2.22. The van der Waals surface area contributed by atoms with Crippen LogP contribution in [0.3, 0.4) is 0 Å². The molecule has 108 valence electrons. The van der Waals surface area contributed by atoms with Crippen LogP contribution in [0, 0.1) is 0 Å². The second kappa shape index (κ2) is 6.47. The second-order valence-electron chi connectivity index (χ2n) is 3.96. The predicted octanol–water partition coefficient (Wildman–Crippen LogP) is 1.27. The van der Waals surface area contributed by atoms with Crippen molar-refractivity contribution in [1.82, 2.24) is 9.97 Å². The summed E-state index contributed by atoms with van der Waals surface area (Å²) >= 11 is 0. The van der Waals surface area contributed by atoms with Crippen molar-refractivity contribution < 1.29 is 19.1 Å². The van der Waals surface area contributed by atoms with Crippen molar-refractivity contribution in [2.24, 2.45) is 0 Å². The van der Waals surface area contributed by atoms with Crippen LogP contribution in [-0.4, -0.2) is 36.1 Å². The first kappa shape index (κ1) is 14.4. The van der Waals surface area contributed by atoms with Crippen LogP contribution in [0.2, 0.25) is 0 Å². The van der Waals surface area contributed by atoms with Gasteiger partial charge in [-0.3, -0.25) is 0 Å². The maximum Gasteiger partial charge on any atom is 0.354 e. The molecule has 1 heterocycles. The van der Waals surface area contributed by atoms with E-state index in [0.29, 0.717) is 16.6 Å². The van der Waals surface area contributed by atoms with Gasteiger partial charge < -0.3 is 14.8 Å². The lowest BCUT2D eigenvalue weighted by atomic mass is 10.2. The summed E-state index contributed by atoms with van der Waals surface area (Å²) in [4.78, 5) is 31.1. The topological polar surface area (TPSA) is 90.4 Å². The average molecular weight is 287 g/mol. The zero-order chi connectivity index (χ0) is 15.2. The van der Waals surface area contributed by atoms with Gasteiger partial charge >= 0.3 is 11.9 Å². The Kier molecular flexibility index (Phi) is 4.45. The Morgan fingerprint density at radius 2 is 2.05 bits per heavy atom. The number of esters is 2. The SMILES string of the molecule is COC(=O)/C=C(/Nc1cccc2ncncc12)C(=O)OC. The maximum absolute atomic E-state index is 11.7. The highest BCUT2D eigenvalue weighted by atomic mass is 16.5. The molecule has 0 radical (unpaired) electrons. The van der Waals surface area contributed by atoms with Crippen LogP contribution in [0.4, 0.5) is 5.69 Å². The third kappa shape index (κ3) is 3.33. The normalized spacial score (nSPS) is 11.0. The number of nitrogens with one attached hydrogen (secondary N) is 1. The Bertz CT molecular complexity index is 707. The Hall–Kier alpha value is -2.96. The number of anilines is 1. The molecule has 0 unspecified atom stereocenters. The number of nitrogens with zero attached hydrogens (tertiary/aromatic N) is 2. The number of ether oxygens (including phenoxy) is 2. The van der Waals surface area contributed by atoms with E-state index >= 15 is 0 Å². The molecule has 0 bridgehead atoms. The molecule has 0 saturated carbocycles. The van der Waals surface area contributed by atoms with Crippen LogP contribution in [0.15, 0.2) is 42.5 Å². The summed E-state index contributed by atoms with van der Waals surface area (Å²) < 4.78 is 9.15. The number of methoxy groups -OCH3 is 2. The van der Waals surface area contributed by atoms with Gasteiger partial charge in [-0.15, -0.1) is 0 Å². The molecule has 0 fully saturated rings. The van der Waals surface area contributed by atoms with Gasteiger partial charge in [0.25, 0.3) is 0 Å². The monoisotopic (exact) mass is 287 g/mol. The fraction of sp³-hybridized carbons (Fsp3) is 0.143. The molecule has 0 aliphatic rings. The van der Waals surface area contributed by atoms with Crippen molar-refractivity contribution in [2.45, 2.75) is 0 Å². The van der Waals surface area contributed by atoms with Gasteiger partial charge in [-0.25, -0.2) is 19.6 Å². The maximum atomic E-state index is 11.7. The molecule has 0 aliphatic heterocycles. The summed E-state index contributed by atoms with van der Waals surface area (Å²) in [5.74, 6) is -1.35. The van der Waals surface area contributed by atoms with Gasteiger partial charge in [-0.05, 0) is 12.1 Å². The number of aromatic nitrogens is 2. The van der Waals surface area contributed by atoms with Crippen LogP contribution in [0.5, 0.6) is 0 Å². The van der Waals surface area contributed by atoms with E-state index in [-0.39, 0.29) is 5.70 Å². The molecule has 21 heavy (non-hydrogen) atoms. The Balaban J connectivity index is 2.41. The van der Waals surface area contributed by atoms with Crippen molar-refractivity contribution >= 4 is 28.5 Å². The number of benzene rings is 1. The summed E-state index contributed by atoms with van der Waals surface area (Å²) in [6.07, 6.45) is 4.06. The first-order valence-electron chi connectivity index (χ1n) is 5.99. The molecule has 1 aromatic carbocycles. The Labute approximate surface area is 120 Å². The Morgan fingerprint density at radius 3 is 2.76 bits per heavy atom. The molecule has 0 spiro atoms. The molecule has 0 atom stereocenters. The molecular formula is C14H13N3O4. The number of carbonyl (C=O) groups is 2.